The molecular weight excluding hydrogens is 316 g/mol. The van der Waals surface area contributed by atoms with Gasteiger partial charge in [0.2, 0.25) is 0 Å². The smallest absolute Gasteiger partial charge is 0.0812 e. The summed E-state index contributed by atoms with van der Waals surface area (Å²) >= 11 is 0. The zero-order valence-corrected chi connectivity index (χ0v) is 14.3. The number of benzene rings is 3. The molecule has 4 rings (SSSR count). The van der Waals surface area contributed by atoms with Gasteiger partial charge in [0, 0.05) is 11.8 Å². The summed E-state index contributed by atoms with van der Waals surface area (Å²) in [4.78, 5) is 9.08. The van der Waals surface area contributed by atoms with Crippen molar-refractivity contribution < 1.29 is 0 Å². The van der Waals surface area contributed by atoms with Crippen molar-refractivity contribution in [2.24, 2.45) is 4.99 Å². The summed E-state index contributed by atoms with van der Waals surface area (Å²) in [5.41, 5.74) is 6.37. The molecule has 0 aliphatic carbocycles. The van der Waals surface area contributed by atoms with E-state index in [0.717, 1.165) is 28.1 Å². The van der Waals surface area contributed by atoms with E-state index in [0.29, 0.717) is 0 Å². The molecule has 0 unspecified atom stereocenters. The minimum atomic E-state index is 0.844. The maximum atomic E-state index is 4.75. The number of nitrogens with zero attached hydrogens (tertiary/aromatic N) is 2. The molecule has 2 heteroatoms. The molecule has 0 aliphatic rings. The molecular formula is C24H18N2. The van der Waals surface area contributed by atoms with Crippen LogP contribution in [0.15, 0.2) is 108 Å². The first-order valence-corrected chi connectivity index (χ1v) is 8.60. The summed E-state index contributed by atoms with van der Waals surface area (Å²) < 4.78 is 0. The third-order valence-corrected chi connectivity index (χ3v) is 4.21. The molecule has 0 spiro atoms. The lowest BCUT2D eigenvalue weighted by atomic mass is 9.98. The van der Waals surface area contributed by atoms with Gasteiger partial charge in [0.15, 0.2) is 0 Å². The maximum Gasteiger partial charge on any atom is 0.0812 e. The van der Waals surface area contributed by atoms with E-state index in [1.807, 2.05) is 48.7 Å². The predicted molar refractivity (Wildman–Crippen MR) is 109 cm³/mol. The van der Waals surface area contributed by atoms with E-state index < -0.39 is 0 Å². The van der Waals surface area contributed by atoms with E-state index in [-0.39, 0.29) is 0 Å². The Morgan fingerprint density at radius 2 is 1.31 bits per heavy atom. The van der Waals surface area contributed by atoms with Crippen molar-refractivity contribution in [3.63, 3.8) is 0 Å². The summed E-state index contributed by atoms with van der Waals surface area (Å²) in [5.74, 6) is 0. The third-order valence-electron chi connectivity index (χ3n) is 4.21. The molecule has 0 aliphatic heterocycles. The fraction of sp³-hybridized carbons (Fsp3) is 0. The topological polar surface area (TPSA) is 25.2 Å². The van der Waals surface area contributed by atoms with Gasteiger partial charge in [-0.3, -0.25) is 9.98 Å². The van der Waals surface area contributed by atoms with Gasteiger partial charge in [-0.1, -0.05) is 78.9 Å². The molecule has 0 saturated carbocycles. The van der Waals surface area contributed by atoms with Gasteiger partial charge < -0.3 is 0 Å². The lowest BCUT2D eigenvalue weighted by Gasteiger charge is -2.09. The van der Waals surface area contributed by atoms with E-state index in [9.17, 15) is 0 Å². The first-order valence-electron chi connectivity index (χ1n) is 8.60. The standard InChI is InChI=1S/C24H18N2/c1-3-9-19(10-4-1)21-14-15-23(20-11-5-2-6-12-20)24(17-21)26-18-22-13-7-8-16-25-22/h1-18H. The summed E-state index contributed by atoms with van der Waals surface area (Å²) in [6.45, 7) is 0. The van der Waals surface area contributed by atoms with Gasteiger partial charge in [0.1, 0.15) is 0 Å². The van der Waals surface area contributed by atoms with Crippen LogP contribution in [0.3, 0.4) is 0 Å². The van der Waals surface area contributed by atoms with Crippen molar-refractivity contribution in [1.82, 2.24) is 4.98 Å². The molecule has 0 saturated heterocycles. The second-order valence-corrected chi connectivity index (χ2v) is 5.98. The van der Waals surface area contributed by atoms with Gasteiger partial charge in [0.05, 0.1) is 17.6 Å². The summed E-state index contributed by atoms with van der Waals surface area (Å²) in [7, 11) is 0. The van der Waals surface area contributed by atoms with Crippen LogP contribution < -0.4 is 0 Å². The van der Waals surface area contributed by atoms with Crippen LogP contribution in [0.1, 0.15) is 5.69 Å². The van der Waals surface area contributed by atoms with Crippen LogP contribution in [0.4, 0.5) is 5.69 Å². The summed E-state index contributed by atoms with van der Waals surface area (Å²) in [6.07, 6.45) is 3.59. The molecule has 4 aromatic rings. The molecule has 0 atom stereocenters. The largest absolute Gasteiger partial charge is 0.255 e. The number of hydrogen-bond donors (Lipinski definition) is 0. The molecule has 26 heavy (non-hydrogen) atoms. The molecule has 1 aromatic heterocycles. The average molecular weight is 334 g/mol. The van der Waals surface area contributed by atoms with E-state index in [1.54, 1.807) is 6.20 Å². The first kappa shape index (κ1) is 16.0. The number of rotatable bonds is 4. The van der Waals surface area contributed by atoms with Crippen LogP contribution in [0.2, 0.25) is 0 Å². The molecule has 1 heterocycles. The monoisotopic (exact) mass is 334 g/mol. The maximum absolute atomic E-state index is 4.75. The minimum absolute atomic E-state index is 0.844. The van der Waals surface area contributed by atoms with Crippen molar-refractivity contribution in [3.8, 4) is 22.3 Å². The Bertz CT molecular complexity index is 1010. The lowest BCUT2D eigenvalue weighted by molar-refractivity contribution is 1.30. The van der Waals surface area contributed by atoms with E-state index >= 15 is 0 Å². The summed E-state index contributed by atoms with van der Waals surface area (Å²) in [6, 6.07) is 33.0. The van der Waals surface area contributed by atoms with Crippen LogP contribution in [-0.4, -0.2) is 11.2 Å². The molecule has 0 bridgehead atoms. The first-order chi connectivity index (χ1) is 12.9. The zero-order valence-electron chi connectivity index (χ0n) is 14.3. The molecule has 124 valence electrons. The Kier molecular flexibility index (Phi) is 4.66. The third kappa shape index (κ3) is 3.60. The van der Waals surface area contributed by atoms with Crippen molar-refractivity contribution >= 4 is 11.9 Å². The Hall–Kier alpha value is -3.52. The van der Waals surface area contributed by atoms with Crippen LogP contribution in [0.5, 0.6) is 0 Å². The van der Waals surface area contributed by atoms with Crippen molar-refractivity contribution in [1.29, 1.82) is 0 Å². The highest BCUT2D eigenvalue weighted by atomic mass is 14.8. The molecule has 0 fully saturated rings. The molecule has 2 nitrogen and oxygen atoms in total. The quantitative estimate of drug-likeness (QED) is 0.410. The highest BCUT2D eigenvalue weighted by molar-refractivity contribution is 5.86. The van der Waals surface area contributed by atoms with Crippen molar-refractivity contribution in [3.05, 3.63) is 109 Å². The predicted octanol–water partition coefficient (Wildman–Crippen LogP) is 6.17. The van der Waals surface area contributed by atoms with Crippen molar-refractivity contribution in [2.45, 2.75) is 0 Å². The number of aromatic nitrogens is 1. The Labute approximate surface area is 153 Å². The van der Waals surface area contributed by atoms with Gasteiger partial charge >= 0.3 is 0 Å². The molecule has 0 radical (unpaired) electrons. The second-order valence-electron chi connectivity index (χ2n) is 5.98. The molecule has 0 N–H and O–H groups in total. The zero-order chi connectivity index (χ0) is 17.6. The van der Waals surface area contributed by atoms with Gasteiger partial charge in [0.25, 0.3) is 0 Å². The van der Waals surface area contributed by atoms with Crippen LogP contribution in [0.25, 0.3) is 22.3 Å². The fourth-order valence-electron chi connectivity index (χ4n) is 2.90. The molecule has 3 aromatic carbocycles. The van der Waals surface area contributed by atoms with Gasteiger partial charge in [-0.15, -0.1) is 0 Å². The van der Waals surface area contributed by atoms with Crippen LogP contribution in [0, 0.1) is 0 Å². The summed E-state index contributed by atoms with van der Waals surface area (Å²) in [5, 5.41) is 0. The fourth-order valence-corrected chi connectivity index (χ4v) is 2.90. The highest BCUT2D eigenvalue weighted by Crippen LogP contribution is 2.34. The Morgan fingerprint density at radius 3 is 2.00 bits per heavy atom. The highest BCUT2D eigenvalue weighted by Gasteiger charge is 2.07. The Balaban J connectivity index is 1.80. The minimum Gasteiger partial charge on any atom is -0.255 e. The molecule has 0 amide bonds. The number of hydrogen-bond acceptors (Lipinski definition) is 2. The normalized spacial score (nSPS) is 10.9. The van der Waals surface area contributed by atoms with E-state index in [2.05, 4.69) is 59.6 Å². The van der Waals surface area contributed by atoms with Gasteiger partial charge in [-0.25, -0.2) is 0 Å². The van der Waals surface area contributed by atoms with Gasteiger partial charge in [-0.2, -0.15) is 0 Å². The van der Waals surface area contributed by atoms with Crippen LogP contribution in [-0.2, 0) is 0 Å². The number of pyridine rings is 1. The van der Waals surface area contributed by atoms with E-state index in [4.69, 9.17) is 4.99 Å². The number of aliphatic imine (C=N–C) groups is 1. The average Bonchev–Trinajstić information content (AvgIpc) is 2.74. The SMILES string of the molecule is C(=Nc1cc(-c2ccccc2)ccc1-c1ccccc1)c1ccccn1. The lowest BCUT2D eigenvalue weighted by Crippen LogP contribution is -1.86. The Morgan fingerprint density at radius 1 is 0.615 bits per heavy atom. The second kappa shape index (κ2) is 7.58. The van der Waals surface area contributed by atoms with Gasteiger partial charge in [-0.05, 0) is 34.9 Å². The van der Waals surface area contributed by atoms with Crippen LogP contribution >= 0.6 is 0 Å². The van der Waals surface area contributed by atoms with E-state index in [1.165, 1.54) is 5.56 Å². The van der Waals surface area contributed by atoms with Crippen molar-refractivity contribution in [2.75, 3.05) is 0 Å².